The molecule has 0 aromatic heterocycles. The lowest BCUT2D eigenvalue weighted by Crippen LogP contribution is -2.47. The average Bonchev–Trinajstić information content (AvgIpc) is 2.29. The molecule has 1 atom stereocenters. The van der Waals surface area contributed by atoms with Crippen molar-refractivity contribution in [2.75, 3.05) is 13.6 Å². The van der Waals surface area contributed by atoms with Crippen molar-refractivity contribution >= 4 is 5.97 Å². The molecule has 0 heterocycles. The van der Waals surface area contributed by atoms with E-state index in [0.717, 1.165) is 12.8 Å². The summed E-state index contributed by atoms with van der Waals surface area (Å²) in [6, 6.07) is 0.469. The quantitative estimate of drug-likeness (QED) is 0.765. The predicted molar refractivity (Wildman–Crippen MR) is 71.5 cm³/mol. The van der Waals surface area contributed by atoms with Crippen LogP contribution in [-0.4, -0.2) is 46.3 Å². The summed E-state index contributed by atoms with van der Waals surface area (Å²) < 4.78 is 0. The molecule has 1 unspecified atom stereocenters. The first kappa shape index (κ1) is 15.4. The number of aliphatic hydroxyl groups is 1. The van der Waals surface area contributed by atoms with E-state index in [9.17, 15) is 9.90 Å². The summed E-state index contributed by atoms with van der Waals surface area (Å²) in [6.45, 7) is 4.99. The Morgan fingerprint density at radius 1 is 1.44 bits per heavy atom. The molecular weight excluding hydrogens is 230 g/mol. The zero-order chi connectivity index (χ0) is 13.8. The number of hydrogen-bond acceptors (Lipinski definition) is 3. The Labute approximate surface area is 110 Å². The minimum Gasteiger partial charge on any atom is -0.481 e. The molecule has 0 aliphatic heterocycles. The number of carbonyl (C=O) groups is 1. The second-order valence-corrected chi connectivity index (χ2v) is 5.89. The van der Waals surface area contributed by atoms with Crippen molar-refractivity contribution in [2.45, 2.75) is 64.0 Å². The molecule has 0 amide bonds. The van der Waals surface area contributed by atoms with Crippen molar-refractivity contribution < 1.29 is 15.0 Å². The lowest BCUT2D eigenvalue weighted by Gasteiger charge is -2.39. The van der Waals surface area contributed by atoms with Crippen LogP contribution in [0.2, 0.25) is 0 Å². The van der Waals surface area contributed by atoms with Gasteiger partial charge in [-0.15, -0.1) is 0 Å². The number of carboxylic acid groups (broad SMARTS) is 1. The Morgan fingerprint density at radius 3 is 2.44 bits per heavy atom. The third-order valence-electron chi connectivity index (χ3n) is 4.27. The zero-order valence-electron chi connectivity index (χ0n) is 11.9. The van der Waals surface area contributed by atoms with Crippen LogP contribution in [0, 0.1) is 5.92 Å². The van der Waals surface area contributed by atoms with E-state index in [4.69, 9.17) is 5.11 Å². The van der Waals surface area contributed by atoms with Gasteiger partial charge < -0.3 is 15.1 Å². The van der Waals surface area contributed by atoms with Crippen LogP contribution in [0.3, 0.4) is 0 Å². The molecule has 0 spiro atoms. The minimum atomic E-state index is -0.718. The van der Waals surface area contributed by atoms with Crippen molar-refractivity contribution in [2.24, 2.45) is 5.92 Å². The summed E-state index contributed by atoms with van der Waals surface area (Å²) in [6.07, 6.45) is 4.68. The highest BCUT2D eigenvalue weighted by Gasteiger charge is 2.36. The maximum atomic E-state index is 10.9. The van der Waals surface area contributed by atoms with E-state index in [1.807, 2.05) is 7.05 Å². The zero-order valence-corrected chi connectivity index (χ0v) is 11.9. The van der Waals surface area contributed by atoms with Crippen molar-refractivity contribution in [1.29, 1.82) is 0 Å². The van der Waals surface area contributed by atoms with Crippen LogP contribution in [-0.2, 0) is 4.79 Å². The van der Waals surface area contributed by atoms with Crippen LogP contribution >= 0.6 is 0 Å². The van der Waals surface area contributed by atoms with E-state index >= 15 is 0 Å². The van der Waals surface area contributed by atoms with Gasteiger partial charge in [-0.3, -0.25) is 4.79 Å². The van der Waals surface area contributed by atoms with Gasteiger partial charge in [0.2, 0.25) is 0 Å². The van der Waals surface area contributed by atoms with Gasteiger partial charge >= 0.3 is 5.97 Å². The Bertz CT molecular complexity index is 272. The number of carboxylic acids is 1. The molecule has 1 rings (SSSR count). The van der Waals surface area contributed by atoms with E-state index < -0.39 is 11.6 Å². The van der Waals surface area contributed by atoms with Gasteiger partial charge in [-0.25, -0.2) is 0 Å². The molecule has 2 N–H and O–H groups in total. The standard InChI is InChI=1S/C14H27NO3/c1-4-5-11(2)15(3)10-14(18)8-6-12(7-9-14)13(16)17/h11-12,18H,4-10H2,1-3H3,(H,16,17). The average molecular weight is 257 g/mol. The summed E-state index contributed by atoms with van der Waals surface area (Å²) in [4.78, 5) is 13.1. The molecular formula is C14H27NO3. The third-order valence-corrected chi connectivity index (χ3v) is 4.27. The molecule has 1 aliphatic rings. The Kier molecular flexibility index (Phi) is 5.60. The molecule has 1 fully saturated rings. The fourth-order valence-electron chi connectivity index (χ4n) is 2.82. The number of rotatable bonds is 6. The van der Waals surface area contributed by atoms with Gasteiger partial charge in [0, 0.05) is 12.6 Å². The molecule has 1 aliphatic carbocycles. The lowest BCUT2D eigenvalue weighted by atomic mass is 9.78. The molecule has 0 radical (unpaired) electrons. The highest BCUT2D eigenvalue weighted by atomic mass is 16.4. The number of aliphatic carboxylic acids is 1. The fraction of sp³-hybridized carbons (Fsp3) is 0.929. The van der Waals surface area contributed by atoms with Gasteiger partial charge in [-0.05, 0) is 46.1 Å². The lowest BCUT2D eigenvalue weighted by molar-refractivity contribution is -0.145. The van der Waals surface area contributed by atoms with Crippen molar-refractivity contribution in [3.8, 4) is 0 Å². The minimum absolute atomic E-state index is 0.261. The molecule has 0 aromatic carbocycles. The Morgan fingerprint density at radius 2 is 2.00 bits per heavy atom. The van der Waals surface area contributed by atoms with Crippen molar-refractivity contribution in [1.82, 2.24) is 4.90 Å². The van der Waals surface area contributed by atoms with E-state index in [1.165, 1.54) is 0 Å². The third kappa shape index (κ3) is 4.25. The van der Waals surface area contributed by atoms with Crippen LogP contribution in [0.5, 0.6) is 0 Å². The molecule has 0 saturated heterocycles. The molecule has 0 bridgehead atoms. The van der Waals surface area contributed by atoms with Gasteiger partial charge in [0.05, 0.1) is 11.5 Å². The first-order valence-electron chi connectivity index (χ1n) is 7.03. The van der Waals surface area contributed by atoms with E-state index in [0.29, 0.717) is 38.3 Å². The maximum absolute atomic E-state index is 10.9. The van der Waals surface area contributed by atoms with Crippen molar-refractivity contribution in [3.05, 3.63) is 0 Å². The van der Waals surface area contributed by atoms with Gasteiger partial charge in [-0.2, -0.15) is 0 Å². The largest absolute Gasteiger partial charge is 0.481 e. The normalized spacial score (nSPS) is 30.4. The molecule has 4 nitrogen and oxygen atoms in total. The van der Waals surface area contributed by atoms with Crippen LogP contribution in [0.1, 0.15) is 52.4 Å². The first-order valence-corrected chi connectivity index (χ1v) is 7.03. The van der Waals surface area contributed by atoms with Crippen LogP contribution in [0.25, 0.3) is 0 Å². The fourth-order valence-corrected chi connectivity index (χ4v) is 2.82. The summed E-state index contributed by atoms with van der Waals surface area (Å²) in [5.41, 5.74) is -0.692. The smallest absolute Gasteiger partial charge is 0.306 e. The van der Waals surface area contributed by atoms with E-state index in [-0.39, 0.29) is 5.92 Å². The second-order valence-electron chi connectivity index (χ2n) is 5.89. The highest BCUT2D eigenvalue weighted by Crippen LogP contribution is 2.33. The number of likely N-dealkylation sites (N-methyl/N-ethyl adjacent to an activating group) is 1. The van der Waals surface area contributed by atoms with Crippen LogP contribution in [0.4, 0.5) is 0 Å². The van der Waals surface area contributed by atoms with Gasteiger partial charge in [0.1, 0.15) is 0 Å². The molecule has 4 heteroatoms. The van der Waals surface area contributed by atoms with E-state index in [2.05, 4.69) is 18.7 Å². The van der Waals surface area contributed by atoms with E-state index in [1.54, 1.807) is 0 Å². The van der Waals surface area contributed by atoms with Crippen LogP contribution < -0.4 is 0 Å². The molecule has 0 aromatic rings. The van der Waals surface area contributed by atoms with Gasteiger partial charge in [0.15, 0.2) is 0 Å². The Hall–Kier alpha value is -0.610. The van der Waals surface area contributed by atoms with Crippen LogP contribution in [0.15, 0.2) is 0 Å². The number of nitrogens with zero attached hydrogens (tertiary/aromatic N) is 1. The maximum Gasteiger partial charge on any atom is 0.306 e. The second kappa shape index (κ2) is 6.53. The summed E-state index contributed by atoms with van der Waals surface area (Å²) in [7, 11) is 2.04. The first-order chi connectivity index (χ1) is 8.38. The Balaban J connectivity index is 2.44. The van der Waals surface area contributed by atoms with Gasteiger partial charge in [0.25, 0.3) is 0 Å². The SMILES string of the molecule is CCCC(C)N(C)CC1(O)CCC(C(=O)O)CC1. The summed E-state index contributed by atoms with van der Waals surface area (Å²) in [5.74, 6) is -0.978. The summed E-state index contributed by atoms with van der Waals surface area (Å²) in [5, 5.41) is 19.5. The molecule has 18 heavy (non-hydrogen) atoms. The number of hydrogen-bond donors (Lipinski definition) is 2. The molecule has 1 saturated carbocycles. The molecule has 106 valence electrons. The monoisotopic (exact) mass is 257 g/mol. The topological polar surface area (TPSA) is 60.8 Å². The highest BCUT2D eigenvalue weighted by molar-refractivity contribution is 5.70. The van der Waals surface area contributed by atoms with Gasteiger partial charge in [-0.1, -0.05) is 13.3 Å². The van der Waals surface area contributed by atoms with Crippen molar-refractivity contribution in [3.63, 3.8) is 0 Å². The predicted octanol–water partition coefficient (Wildman–Crippen LogP) is 2.11. The summed E-state index contributed by atoms with van der Waals surface area (Å²) >= 11 is 0.